The van der Waals surface area contributed by atoms with Crippen LogP contribution in [0.3, 0.4) is 0 Å². The fourth-order valence-electron chi connectivity index (χ4n) is 1.58. The Kier molecular flexibility index (Phi) is 5.23. The number of carbonyl (C=O) groups is 2. The Balaban J connectivity index is 2.98. The van der Waals surface area contributed by atoms with Crippen LogP contribution in [0.4, 0.5) is 0 Å². The first-order chi connectivity index (χ1) is 9.27. The van der Waals surface area contributed by atoms with Crippen molar-refractivity contribution in [3.8, 4) is 0 Å². The first-order valence-electron chi connectivity index (χ1n) is 5.93. The molecule has 1 amide bonds. The maximum Gasteiger partial charge on any atom is 0.321 e. The number of rotatable bonds is 7. The molecule has 0 bridgehead atoms. The molecular weight excluding hydrogens is 284 g/mol. The zero-order valence-corrected chi connectivity index (χ0v) is 11.7. The van der Waals surface area contributed by atoms with Crippen LogP contribution in [0.5, 0.6) is 0 Å². The third kappa shape index (κ3) is 4.04. The molecule has 0 radical (unpaired) electrons. The van der Waals surface area contributed by atoms with Crippen LogP contribution >= 0.6 is 0 Å². The molecule has 0 aromatic heterocycles. The molecule has 0 saturated carbocycles. The number of hydrogen-bond donors (Lipinski definition) is 3. The van der Waals surface area contributed by atoms with Gasteiger partial charge in [0.25, 0.3) is 0 Å². The van der Waals surface area contributed by atoms with Crippen molar-refractivity contribution in [3.63, 3.8) is 0 Å². The zero-order valence-electron chi connectivity index (χ0n) is 10.9. The summed E-state index contributed by atoms with van der Waals surface area (Å²) in [6.45, 7) is 1.76. The number of carboxylic acid groups (broad SMARTS) is 1. The molecular formula is C12H16N2O5S. The summed E-state index contributed by atoms with van der Waals surface area (Å²) in [7, 11) is -3.95. The monoisotopic (exact) mass is 300 g/mol. The van der Waals surface area contributed by atoms with E-state index in [2.05, 4.69) is 4.72 Å². The molecule has 1 aromatic rings. The molecule has 0 aliphatic heterocycles. The number of amides is 1. The maximum atomic E-state index is 12.0. The minimum absolute atomic E-state index is 0.121. The van der Waals surface area contributed by atoms with Gasteiger partial charge in [-0.25, -0.2) is 8.42 Å². The lowest BCUT2D eigenvalue weighted by atomic mass is 10.2. The number of carboxylic acids is 1. The Morgan fingerprint density at radius 2 is 1.85 bits per heavy atom. The van der Waals surface area contributed by atoms with Crippen LogP contribution in [0.25, 0.3) is 0 Å². The fraction of sp³-hybridized carbons (Fsp3) is 0.333. The molecule has 0 spiro atoms. The Bertz CT molecular complexity index is 595. The number of nitrogens with two attached hydrogens (primary N) is 1. The van der Waals surface area contributed by atoms with Gasteiger partial charge in [0.2, 0.25) is 15.9 Å². The fourth-order valence-corrected chi connectivity index (χ4v) is 2.80. The Morgan fingerprint density at radius 3 is 2.25 bits per heavy atom. The van der Waals surface area contributed by atoms with Crippen molar-refractivity contribution in [3.05, 3.63) is 29.8 Å². The van der Waals surface area contributed by atoms with E-state index < -0.39 is 27.9 Å². The molecule has 1 atom stereocenters. The van der Waals surface area contributed by atoms with Crippen LogP contribution in [0.15, 0.2) is 29.2 Å². The van der Waals surface area contributed by atoms with Crippen LogP contribution in [-0.2, 0) is 14.8 Å². The molecule has 4 N–H and O–H groups in total. The second-order valence-corrected chi connectivity index (χ2v) is 5.90. The lowest BCUT2D eigenvalue weighted by Gasteiger charge is -2.14. The van der Waals surface area contributed by atoms with Gasteiger partial charge in [-0.05, 0) is 30.7 Å². The van der Waals surface area contributed by atoms with Gasteiger partial charge in [-0.1, -0.05) is 13.3 Å². The smallest absolute Gasteiger partial charge is 0.321 e. The van der Waals surface area contributed by atoms with E-state index in [1.54, 1.807) is 6.92 Å². The maximum absolute atomic E-state index is 12.0. The van der Waals surface area contributed by atoms with Crippen molar-refractivity contribution < 1.29 is 23.1 Å². The second-order valence-electron chi connectivity index (χ2n) is 4.19. The predicted octanol–water partition coefficient (Wildman–Crippen LogP) is 0.317. The van der Waals surface area contributed by atoms with Gasteiger partial charge in [0.1, 0.15) is 6.04 Å². The number of aliphatic carboxylic acids is 1. The van der Waals surface area contributed by atoms with Crippen LogP contribution in [0.1, 0.15) is 30.1 Å². The highest BCUT2D eigenvalue weighted by Gasteiger charge is 2.24. The summed E-state index contributed by atoms with van der Waals surface area (Å²) in [4.78, 5) is 21.7. The first kappa shape index (κ1) is 16.1. The molecule has 0 saturated heterocycles. The Morgan fingerprint density at radius 1 is 1.30 bits per heavy atom. The molecule has 1 rings (SSSR count). The summed E-state index contributed by atoms with van der Waals surface area (Å²) in [6, 6.07) is 3.76. The predicted molar refractivity (Wildman–Crippen MR) is 71.6 cm³/mol. The topological polar surface area (TPSA) is 127 Å². The van der Waals surface area contributed by atoms with Crippen molar-refractivity contribution in [1.29, 1.82) is 0 Å². The van der Waals surface area contributed by atoms with Crippen molar-refractivity contribution in [2.24, 2.45) is 5.73 Å². The van der Waals surface area contributed by atoms with Gasteiger partial charge in [-0.2, -0.15) is 4.72 Å². The second kappa shape index (κ2) is 6.49. The SMILES string of the molecule is CCC[C@H](NS(=O)(=O)c1ccc(C(N)=O)cc1)C(=O)O. The van der Waals surface area contributed by atoms with E-state index in [1.165, 1.54) is 24.3 Å². The Hall–Kier alpha value is -1.93. The minimum Gasteiger partial charge on any atom is -0.480 e. The number of benzene rings is 1. The van der Waals surface area contributed by atoms with E-state index in [0.29, 0.717) is 6.42 Å². The summed E-state index contributed by atoms with van der Waals surface area (Å²) in [5.74, 6) is -1.90. The molecule has 8 heteroatoms. The summed E-state index contributed by atoms with van der Waals surface area (Å²) >= 11 is 0. The van der Waals surface area contributed by atoms with Gasteiger partial charge in [-0.3, -0.25) is 9.59 Å². The molecule has 110 valence electrons. The van der Waals surface area contributed by atoms with Gasteiger partial charge < -0.3 is 10.8 Å². The van der Waals surface area contributed by atoms with E-state index in [9.17, 15) is 18.0 Å². The van der Waals surface area contributed by atoms with Gasteiger partial charge in [0.05, 0.1) is 4.90 Å². The van der Waals surface area contributed by atoms with Crippen LogP contribution in [0.2, 0.25) is 0 Å². The molecule has 20 heavy (non-hydrogen) atoms. The first-order valence-corrected chi connectivity index (χ1v) is 7.41. The molecule has 1 aromatic carbocycles. The standard InChI is InChI=1S/C12H16N2O5S/c1-2-3-10(12(16)17)14-20(18,19)9-6-4-8(5-7-9)11(13)15/h4-7,10,14H,2-3H2,1H3,(H2,13,15)(H,16,17)/t10-/m0/s1. The van der Waals surface area contributed by atoms with E-state index in [1.807, 2.05) is 0 Å². The largest absolute Gasteiger partial charge is 0.480 e. The summed E-state index contributed by atoms with van der Waals surface area (Å²) in [6.07, 6.45) is 0.716. The number of sulfonamides is 1. The summed E-state index contributed by atoms with van der Waals surface area (Å²) < 4.78 is 26.1. The molecule has 0 heterocycles. The van der Waals surface area contributed by atoms with Gasteiger partial charge >= 0.3 is 5.97 Å². The number of hydrogen-bond acceptors (Lipinski definition) is 4. The minimum atomic E-state index is -3.95. The lowest BCUT2D eigenvalue weighted by molar-refractivity contribution is -0.139. The third-order valence-electron chi connectivity index (χ3n) is 2.62. The highest BCUT2D eigenvalue weighted by molar-refractivity contribution is 7.89. The summed E-state index contributed by atoms with van der Waals surface area (Å²) in [5, 5.41) is 8.94. The number of nitrogens with one attached hydrogen (secondary N) is 1. The lowest BCUT2D eigenvalue weighted by Crippen LogP contribution is -2.40. The quantitative estimate of drug-likeness (QED) is 0.668. The zero-order chi connectivity index (χ0) is 15.3. The molecule has 0 aliphatic rings. The van der Waals surface area contributed by atoms with E-state index in [-0.39, 0.29) is 16.9 Å². The van der Waals surface area contributed by atoms with E-state index in [4.69, 9.17) is 10.8 Å². The van der Waals surface area contributed by atoms with Gasteiger partial charge in [0, 0.05) is 5.56 Å². The van der Waals surface area contributed by atoms with Crippen LogP contribution in [0, 0.1) is 0 Å². The third-order valence-corrected chi connectivity index (χ3v) is 4.11. The highest BCUT2D eigenvalue weighted by atomic mass is 32.2. The van der Waals surface area contributed by atoms with Gasteiger partial charge in [0.15, 0.2) is 0 Å². The molecule has 7 nitrogen and oxygen atoms in total. The van der Waals surface area contributed by atoms with Crippen molar-refractivity contribution in [2.45, 2.75) is 30.7 Å². The van der Waals surface area contributed by atoms with Gasteiger partial charge in [-0.15, -0.1) is 0 Å². The van der Waals surface area contributed by atoms with Crippen LogP contribution in [-0.4, -0.2) is 31.4 Å². The average molecular weight is 300 g/mol. The number of carbonyl (C=O) groups excluding carboxylic acids is 1. The summed E-state index contributed by atoms with van der Waals surface area (Å²) in [5.41, 5.74) is 5.22. The highest BCUT2D eigenvalue weighted by Crippen LogP contribution is 2.12. The number of primary amides is 1. The van der Waals surface area contributed by atoms with Crippen molar-refractivity contribution in [1.82, 2.24) is 4.72 Å². The van der Waals surface area contributed by atoms with E-state index >= 15 is 0 Å². The van der Waals surface area contributed by atoms with Crippen molar-refractivity contribution >= 4 is 21.9 Å². The van der Waals surface area contributed by atoms with E-state index in [0.717, 1.165) is 0 Å². The molecule has 0 aliphatic carbocycles. The van der Waals surface area contributed by atoms with Crippen LogP contribution < -0.4 is 10.5 Å². The average Bonchev–Trinajstić information content (AvgIpc) is 2.38. The molecule has 0 unspecified atom stereocenters. The molecule has 0 fully saturated rings. The van der Waals surface area contributed by atoms with Crippen molar-refractivity contribution in [2.75, 3.05) is 0 Å². The normalized spacial score (nSPS) is 12.8. The Labute approximate surface area is 116 Å².